The van der Waals surface area contributed by atoms with Crippen molar-refractivity contribution in [2.75, 3.05) is 24.4 Å². The van der Waals surface area contributed by atoms with Crippen LogP contribution in [0.5, 0.6) is 5.75 Å². The van der Waals surface area contributed by atoms with E-state index in [4.69, 9.17) is 9.47 Å². The molecule has 8 nitrogen and oxygen atoms in total. The normalized spacial score (nSPS) is 18.8. The summed E-state index contributed by atoms with van der Waals surface area (Å²) < 4.78 is 33.0. The van der Waals surface area contributed by atoms with Gasteiger partial charge in [0.2, 0.25) is 5.16 Å². The van der Waals surface area contributed by atoms with Crippen molar-refractivity contribution in [3.8, 4) is 17.1 Å². The van der Waals surface area contributed by atoms with Crippen LogP contribution in [0.15, 0.2) is 29.4 Å². The number of rotatable bonds is 6. The largest absolute Gasteiger partial charge is 0.497 e. The van der Waals surface area contributed by atoms with Gasteiger partial charge in [-0.3, -0.25) is 9.89 Å². The van der Waals surface area contributed by atoms with Crippen molar-refractivity contribution >= 4 is 27.6 Å². The van der Waals surface area contributed by atoms with Gasteiger partial charge in [0, 0.05) is 5.56 Å². The highest BCUT2D eigenvalue weighted by Gasteiger charge is 2.30. The number of aromatic amines is 1. The number of thioether (sulfide) groups is 1. The SMILES string of the molecule is COc1ccc(-c2nc(SCC(=O)O[C@H]3CCS(=O)(=O)C3)n[nH]2)cc1. The van der Waals surface area contributed by atoms with E-state index in [1.54, 1.807) is 7.11 Å². The Morgan fingerprint density at radius 1 is 1.36 bits per heavy atom. The van der Waals surface area contributed by atoms with Gasteiger partial charge in [0.25, 0.3) is 0 Å². The zero-order chi connectivity index (χ0) is 17.9. The average molecular weight is 383 g/mol. The minimum Gasteiger partial charge on any atom is -0.497 e. The van der Waals surface area contributed by atoms with Crippen LogP contribution in [-0.4, -0.2) is 60.0 Å². The van der Waals surface area contributed by atoms with Crippen molar-refractivity contribution in [1.82, 2.24) is 15.2 Å². The molecule has 1 N–H and O–H groups in total. The fourth-order valence-electron chi connectivity index (χ4n) is 2.39. The highest BCUT2D eigenvalue weighted by molar-refractivity contribution is 7.99. The third-order valence-electron chi connectivity index (χ3n) is 3.64. The quantitative estimate of drug-likeness (QED) is 0.587. The number of methoxy groups -OCH3 is 1. The molecule has 1 aromatic heterocycles. The number of carbonyl (C=O) groups excluding carboxylic acids is 1. The van der Waals surface area contributed by atoms with E-state index in [0.29, 0.717) is 17.4 Å². The van der Waals surface area contributed by atoms with Crippen LogP contribution in [0.25, 0.3) is 11.4 Å². The second kappa shape index (κ2) is 7.44. The lowest BCUT2D eigenvalue weighted by Gasteiger charge is -2.08. The number of aromatic nitrogens is 3. The number of esters is 1. The molecule has 1 aromatic carbocycles. The van der Waals surface area contributed by atoms with Crippen LogP contribution in [-0.2, 0) is 19.4 Å². The number of benzene rings is 1. The molecule has 10 heteroatoms. The van der Waals surface area contributed by atoms with E-state index in [-0.39, 0.29) is 17.3 Å². The lowest BCUT2D eigenvalue weighted by atomic mass is 10.2. The zero-order valence-electron chi connectivity index (χ0n) is 13.5. The number of ether oxygens (including phenoxy) is 2. The smallest absolute Gasteiger partial charge is 0.316 e. The van der Waals surface area contributed by atoms with E-state index < -0.39 is 21.9 Å². The van der Waals surface area contributed by atoms with Gasteiger partial charge in [0.1, 0.15) is 11.9 Å². The molecule has 0 aliphatic carbocycles. The lowest BCUT2D eigenvalue weighted by Crippen LogP contribution is -2.20. The Morgan fingerprint density at radius 3 is 2.76 bits per heavy atom. The molecule has 0 amide bonds. The van der Waals surface area contributed by atoms with E-state index in [1.165, 1.54) is 0 Å². The fourth-order valence-corrected chi connectivity index (χ4v) is 4.56. The minimum absolute atomic E-state index is 0.0243. The van der Waals surface area contributed by atoms with E-state index in [2.05, 4.69) is 15.2 Å². The van der Waals surface area contributed by atoms with Gasteiger partial charge in [-0.2, -0.15) is 0 Å². The van der Waals surface area contributed by atoms with Crippen molar-refractivity contribution in [2.45, 2.75) is 17.7 Å². The molecule has 2 heterocycles. The predicted molar refractivity (Wildman–Crippen MR) is 92.2 cm³/mol. The molecule has 0 radical (unpaired) electrons. The lowest BCUT2D eigenvalue weighted by molar-refractivity contribution is -0.144. The van der Waals surface area contributed by atoms with E-state index in [9.17, 15) is 13.2 Å². The van der Waals surface area contributed by atoms with Crippen LogP contribution in [0.3, 0.4) is 0 Å². The number of hydrogen-bond donors (Lipinski definition) is 1. The fraction of sp³-hybridized carbons (Fsp3) is 0.400. The van der Waals surface area contributed by atoms with Gasteiger partial charge in [-0.25, -0.2) is 13.4 Å². The summed E-state index contributed by atoms with van der Waals surface area (Å²) in [7, 11) is -1.47. The Kier molecular flexibility index (Phi) is 5.28. The standard InChI is InChI=1S/C15H17N3O5S2/c1-22-11-4-2-10(3-5-11)14-16-15(18-17-14)24-8-13(19)23-12-6-7-25(20,21)9-12/h2-5,12H,6-9H2,1H3,(H,16,17,18)/t12-/m0/s1. The molecule has 134 valence electrons. The summed E-state index contributed by atoms with van der Waals surface area (Å²) in [5.41, 5.74) is 0.846. The van der Waals surface area contributed by atoms with Gasteiger partial charge in [-0.1, -0.05) is 11.8 Å². The molecule has 1 aliphatic rings. The molecule has 1 fully saturated rings. The maximum absolute atomic E-state index is 11.8. The molecule has 1 saturated heterocycles. The van der Waals surface area contributed by atoms with E-state index in [1.807, 2.05) is 24.3 Å². The van der Waals surface area contributed by atoms with Crippen LogP contribution in [0.4, 0.5) is 0 Å². The van der Waals surface area contributed by atoms with Crippen LogP contribution >= 0.6 is 11.8 Å². The van der Waals surface area contributed by atoms with E-state index >= 15 is 0 Å². The summed E-state index contributed by atoms with van der Waals surface area (Å²) in [6.07, 6.45) is -0.179. The number of hydrogen-bond acceptors (Lipinski definition) is 8. The van der Waals surface area contributed by atoms with Gasteiger partial charge in [-0.05, 0) is 30.7 Å². The summed E-state index contributed by atoms with van der Waals surface area (Å²) in [4.78, 5) is 16.1. The number of nitrogens with zero attached hydrogens (tertiary/aromatic N) is 2. The molecule has 1 aliphatic heterocycles. The summed E-state index contributed by atoms with van der Waals surface area (Å²) >= 11 is 1.13. The first-order valence-corrected chi connectivity index (χ1v) is 10.4. The second-order valence-corrected chi connectivity index (χ2v) is 8.67. The number of carbonyl (C=O) groups is 1. The van der Waals surface area contributed by atoms with Gasteiger partial charge in [0.15, 0.2) is 15.7 Å². The summed E-state index contributed by atoms with van der Waals surface area (Å²) in [5, 5.41) is 7.29. The molecular formula is C15H17N3O5S2. The van der Waals surface area contributed by atoms with Gasteiger partial charge < -0.3 is 9.47 Å². The van der Waals surface area contributed by atoms with Crippen LogP contribution < -0.4 is 4.74 Å². The van der Waals surface area contributed by atoms with Crippen molar-refractivity contribution < 1.29 is 22.7 Å². The summed E-state index contributed by atoms with van der Waals surface area (Å²) in [5.74, 6) is 0.865. The Labute approximate surface area is 149 Å². The molecule has 3 rings (SSSR count). The minimum atomic E-state index is -3.06. The van der Waals surface area contributed by atoms with Gasteiger partial charge >= 0.3 is 5.97 Å². The number of H-pyrrole nitrogens is 1. The Morgan fingerprint density at radius 2 is 2.12 bits per heavy atom. The van der Waals surface area contributed by atoms with Crippen molar-refractivity contribution in [1.29, 1.82) is 0 Å². The second-order valence-electron chi connectivity index (χ2n) is 5.50. The van der Waals surface area contributed by atoms with Crippen LogP contribution in [0.1, 0.15) is 6.42 Å². The van der Waals surface area contributed by atoms with E-state index in [0.717, 1.165) is 23.1 Å². The predicted octanol–water partition coefficient (Wildman–Crippen LogP) is 1.30. The van der Waals surface area contributed by atoms with Gasteiger partial charge in [0.05, 0.1) is 24.4 Å². The molecule has 1 atom stereocenters. The zero-order valence-corrected chi connectivity index (χ0v) is 15.1. The first-order valence-electron chi connectivity index (χ1n) is 7.55. The first-order chi connectivity index (χ1) is 11.9. The third kappa shape index (κ3) is 4.73. The Hall–Kier alpha value is -2.07. The molecule has 25 heavy (non-hydrogen) atoms. The maximum Gasteiger partial charge on any atom is 0.316 e. The monoisotopic (exact) mass is 383 g/mol. The van der Waals surface area contributed by atoms with Crippen molar-refractivity contribution in [3.63, 3.8) is 0 Å². The number of sulfone groups is 1. The van der Waals surface area contributed by atoms with Crippen molar-refractivity contribution in [3.05, 3.63) is 24.3 Å². The van der Waals surface area contributed by atoms with Gasteiger partial charge in [-0.15, -0.1) is 5.10 Å². The number of nitrogens with one attached hydrogen (secondary N) is 1. The Bertz CT molecular complexity index is 848. The van der Waals surface area contributed by atoms with Crippen LogP contribution in [0.2, 0.25) is 0 Å². The van der Waals surface area contributed by atoms with Crippen molar-refractivity contribution in [2.24, 2.45) is 0 Å². The molecule has 2 aromatic rings. The third-order valence-corrected chi connectivity index (χ3v) is 6.19. The molecule has 0 spiro atoms. The molecule has 0 saturated carbocycles. The summed E-state index contributed by atoms with van der Waals surface area (Å²) in [6, 6.07) is 7.33. The highest BCUT2D eigenvalue weighted by atomic mass is 32.2. The first kappa shape index (κ1) is 17.7. The Balaban J connectivity index is 1.52. The summed E-state index contributed by atoms with van der Waals surface area (Å²) in [6.45, 7) is 0. The van der Waals surface area contributed by atoms with Crippen LogP contribution in [0, 0.1) is 0 Å². The maximum atomic E-state index is 11.8. The topological polar surface area (TPSA) is 111 Å². The highest BCUT2D eigenvalue weighted by Crippen LogP contribution is 2.22. The molecule has 0 bridgehead atoms. The average Bonchev–Trinajstić information content (AvgIpc) is 3.19. The molecule has 0 unspecified atom stereocenters. The molecular weight excluding hydrogens is 366 g/mol.